The Morgan fingerprint density at radius 1 is 1.10 bits per heavy atom. The second-order valence-corrected chi connectivity index (χ2v) is 5.35. The van der Waals surface area contributed by atoms with Crippen molar-refractivity contribution >= 4 is 17.3 Å². The predicted molar refractivity (Wildman–Crippen MR) is 87.8 cm³/mol. The van der Waals surface area contributed by atoms with Gasteiger partial charge in [0, 0.05) is 17.1 Å². The van der Waals surface area contributed by atoms with E-state index in [0.717, 1.165) is 28.3 Å². The molecule has 4 heteroatoms. The van der Waals surface area contributed by atoms with Gasteiger partial charge in [-0.15, -0.1) is 0 Å². The molecular weight excluding hydrogens is 286 g/mol. The van der Waals surface area contributed by atoms with Crippen LogP contribution in [0.15, 0.2) is 36.4 Å². The van der Waals surface area contributed by atoms with E-state index in [0.29, 0.717) is 5.02 Å². The average molecular weight is 306 g/mol. The Bertz CT molecular complexity index is 628. The van der Waals surface area contributed by atoms with E-state index in [2.05, 4.69) is 18.3 Å². The van der Waals surface area contributed by atoms with E-state index in [4.69, 9.17) is 21.1 Å². The maximum atomic E-state index is 6.13. The lowest BCUT2D eigenvalue weighted by Gasteiger charge is -2.19. The Morgan fingerprint density at radius 3 is 2.52 bits per heavy atom. The summed E-state index contributed by atoms with van der Waals surface area (Å²) in [5, 5.41) is 4.16. The van der Waals surface area contributed by atoms with E-state index >= 15 is 0 Å². The number of benzene rings is 2. The number of methoxy groups -OCH3 is 2. The molecule has 0 saturated heterocycles. The molecule has 2 rings (SSSR count). The first kappa shape index (κ1) is 15.5. The molecular formula is C17H20ClNO2. The second kappa shape index (κ2) is 6.72. The van der Waals surface area contributed by atoms with Crippen LogP contribution in [0.3, 0.4) is 0 Å². The normalized spacial score (nSPS) is 11.9. The highest BCUT2D eigenvalue weighted by molar-refractivity contribution is 6.31. The zero-order valence-corrected chi connectivity index (χ0v) is 13.5. The summed E-state index contributed by atoms with van der Waals surface area (Å²) in [6.45, 7) is 4.07. The van der Waals surface area contributed by atoms with Crippen LogP contribution in [0.4, 0.5) is 5.69 Å². The highest BCUT2D eigenvalue weighted by atomic mass is 35.5. The van der Waals surface area contributed by atoms with Crippen molar-refractivity contribution in [1.82, 2.24) is 0 Å². The van der Waals surface area contributed by atoms with Gasteiger partial charge in [-0.2, -0.15) is 0 Å². The molecule has 0 spiro atoms. The summed E-state index contributed by atoms with van der Waals surface area (Å²) in [4.78, 5) is 0. The molecule has 112 valence electrons. The van der Waals surface area contributed by atoms with Gasteiger partial charge in [0.05, 0.1) is 19.9 Å². The monoisotopic (exact) mass is 305 g/mol. The SMILES string of the molecule is COc1cccc(C(C)Nc2cc(C)c(Cl)cc2OC)c1. The maximum absolute atomic E-state index is 6.13. The van der Waals surface area contributed by atoms with Crippen LogP contribution in [-0.2, 0) is 0 Å². The van der Waals surface area contributed by atoms with Crippen LogP contribution in [-0.4, -0.2) is 14.2 Å². The number of hydrogen-bond donors (Lipinski definition) is 1. The van der Waals surface area contributed by atoms with Gasteiger partial charge < -0.3 is 14.8 Å². The number of aryl methyl sites for hydroxylation is 1. The molecule has 0 fully saturated rings. The van der Waals surface area contributed by atoms with Gasteiger partial charge in [-0.3, -0.25) is 0 Å². The van der Waals surface area contributed by atoms with Crippen LogP contribution in [0.5, 0.6) is 11.5 Å². The standard InChI is InChI=1S/C17H20ClNO2/c1-11-8-16(17(21-4)10-15(11)18)19-12(2)13-6-5-7-14(9-13)20-3/h5-10,12,19H,1-4H3. The highest BCUT2D eigenvalue weighted by Crippen LogP contribution is 2.33. The summed E-state index contributed by atoms with van der Waals surface area (Å²) in [5.74, 6) is 1.58. The van der Waals surface area contributed by atoms with Crippen LogP contribution >= 0.6 is 11.6 Å². The van der Waals surface area contributed by atoms with Crippen molar-refractivity contribution in [2.75, 3.05) is 19.5 Å². The minimum Gasteiger partial charge on any atom is -0.497 e. The lowest BCUT2D eigenvalue weighted by Crippen LogP contribution is -2.08. The number of ether oxygens (including phenoxy) is 2. The molecule has 3 nitrogen and oxygen atoms in total. The van der Waals surface area contributed by atoms with Crippen LogP contribution in [0.1, 0.15) is 24.1 Å². The van der Waals surface area contributed by atoms with Gasteiger partial charge in [0.1, 0.15) is 11.5 Å². The summed E-state index contributed by atoms with van der Waals surface area (Å²) >= 11 is 6.13. The lowest BCUT2D eigenvalue weighted by atomic mass is 10.1. The molecule has 0 heterocycles. The van der Waals surface area contributed by atoms with Gasteiger partial charge in [-0.05, 0) is 43.2 Å². The fraction of sp³-hybridized carbons (Fsp3) is 0.294. The van der Waals surface area contributed by atoms with E-state index in [1.165, 1.54) is 0 Å². The fourth-order valence-electron chi connectivity index (χ4n) is 2.17. The van der Waals surface area contributed by atoms with Crippen LogP contribution in [0.25, 0.3) is 0 Å². The van der Waals surface area contributed by atoms with Crippen LogP contribution < -0.4 is 14.8 Å². The van der Waals surface area contributed by atoms with E-state index in [-0.39, 0.29) is 6.04 Å². The van der Waals surface area contributed by atoms with Gasteiger partial charge in [-0.1, -0.05) is 23.7 Å². The molecule has 2 aromatic rings. The predicted octanol–water partition coefficient (Wildman–Crippen LogP) is 4.84. The van der Waals surface area contributed by atoms with Gasteiger partial charge >= 0.3 is 0 Å². The van der Waals surface area contributed by atoms with Crippen molar-refractivity contribution in [3.63, 3.8) is 0 Å². The quantitative estimate of drug-likeness (QED) is 0.857. The van der Waals surface area contributed by atoms with Gasteiger partial charge in [0.15, 0.2) is 0 Å². The molecule has 0 aliphatic heterocycles. The number of rotatable bonds is 5. The molecule has 0 aliphatic rings. The third-order valence-electron chi connectivity index (χ3n) is 3.45. The van der Waals surface area contributed by atoms with Crippen molar-refractivity contribution < 1.29 is 9.47 Å². The average Bonchev–Trinajstić information content (AvgIpc) is 2.50. The minimum atomic E-state index is 0.120. The van der Waals surface area contributed by atoms with Gasteiger partial charge in [0.2, 0.25) is 0 Å². The third-order valence-corrected chi connectivity index (χ3v) is 3.85. The molecule has 0 aliphatic carbocycles. The first-order valence-electron chi connectivity index (χ1n) is 6.79. The Morgan fingerprint density at radius 2 is 1.86 bits per heavy atom. The Balaban J connectivity index is 2.26. The summed E-state index contributed by atoms with van der Waals surface area (Å²) in [6.07, 6.45) is 0. The highest BCUT2D eigenvalue weighted by Gasteiger charge is 2.11. The largest absolute Gasteiger partial charge is 0.497 e. The molecule has 1 unspecified atom stereocenters. The zero-order chi connectivity index (χ0) is 15.4. The topological polar surface area (TPSA) is 30.5 Å². The first-order valence-corrected chi connectivity index (χ1v) is 7.17. The van der Waals surface area contributed by atoms with Crippen molar-refractivity contribution in [3.05, 3.63) is 52.5 Å². The Hall–Kier alpha value is -1.87. The van der Waals surface area contributed by atoms with Crippen LogP contribution in [0, 0.1) is 6.92 Å². The van der Waals surface area contributed by atoms with Crippen LogP contribution in [0.2, 0.25) is 5.02 Å². The molecule has 0 saturated carbocycles. The van der Waals surface area contributed by atoms with Crippen molar-refractivity contribution in [1.29, 1.82) is 0 Å². The molecule has 0 bridgehead atoms. The van der Waals surface area contributed by atoms with E-state index < -0.39 is 0 Å². The summed E-state index contributed by atoms with van der Waals surface area (Å²) in [7, 11) is 3.31. The smallest absolute Gasteiger partial charge is 0.143 e. The lowest BCUT2D eigenvalue weighted by molar-refractivity contribution is 0.413. The van der Waals surface area contributed by atoms with Crippen molar-refractivity contribution in [2.45, 2.75) is 19.9 Å². The second-order valence-electron chi connectivity index (χ2n) is 4.94. The van der Waals surface area contributed by atoms with Crippen molar-refractivity contribution in [2.24, 2.45) is 0 Å². The fourth-order valence-corrected chi connectivity index (χ4v) is 2.33. The molecule has 0 radical (unpaired) electrons. The Kier molecular flexibility index (Phi) is 4.97. The zero-order valence-electron chi connectivity index (χ0n) is 12.7. The summed E-state index contributed by atoms with van der Waals surface area (Å²) in [6, 6.07) is 12.0. The number of halogens is 1. The Labute approximate surface area is 130 Å². The third kappa shape index (κ3) is 3.61. The number of nitrogens with one attached hydrogen (secondary N) is 1. The summed E-state index contributed by atoms with van der Waals surface area (Å²) in [5.41, 5.74) is 3.08. The molecule has 1 N–H and O–H groups in total. The van der Waals surface area contributed by atoms with Gasteiger partial charge in [-0.25, -0.2) is 0 Å². The first-order chi connectivity index (χ1) is 10.0. The molecule has 2 aromatic carbocycles. The maximum Gasteiger partial charge on any atom is 0.143 e. The van der Waals surface area contributed by atoms with Crippen molar-refractivity contribution in [3.8, 4) is 11.5 Å². The van der Waals surface area contributed by atoms with E-state index in [9.17, 15) is 0 Å². The van der Waals surface area contributed by atoms with E-state index in [1.807, 2.05) is 37.3 Å². The molecule has 0 aromatic heterocycles. The molecule has 0 amide bonds. The summed E-state index contributed by atoms with van der Waals surface area (Å²) < 4.78 is 10.7. The minimum absolute atomic E-state index is 0.120. The number of hydrogen-bond acceptors (Lipinski definition) is 3. The van der Waals surface area contributed by atoms with E-state index in [1.54, 1.807) is 14.2 Å². The molecule has 21 heavy (non-hydrogen) atoms. The number of anilines is 1. The van der Waals surface area contributed by atoms with Gasteiger partial charge in [0.25, 0.3) is 0 Å². The molecule has 1 atom stereocenters.